The number of aromatic nitrogens is 4. The van der Waals surface area contributed by atoms with Crippen molar-refractivity contribution >= 4 is 11.8 Å². The summed E-state index contributed by atoms with van der Waals surface area (Å²) in [4.78, 5) is 14.6. The number of carbonyl (C=O) groups is 1. The fourth-order valence-corrected chi connectivity index (χ4v) is 3.09. The Morgan fingerprint density at radius 3 is 3.08 bits per heavy atom. The van der Waals surface area contributed by atoms with Crippen LogP contribution in [0.5, 0.6) is 0 Å². The minimum atomic E-state index is -0.0880. The monoisotopic (exact) mass is 330 g/mol. The van der Waals surface area contributed by atoms with Crippen molar-refractivity contribution in [2.45, 2.75) is 52.1 Å². The Morgan fingerprint density at radius 2 is 2.33 bits per heavy atom. The van der Waals surface area contributed by atoms with E-state index >= 15 is 0 Å². The van der Waals surface area contributed by atoms with Gasteiger partial charge in [-0.2, -0.15) is 10.2 Å². The topological polar surface area (TPSA) is 78.8 Å². The number of anilines is 1. The summed E-state index contributed by atoms with van der Waals surface area (Å²) < 4.78 is 1.89. The Balaban J connectivity index is 1.63. The number of aryl methyl sites for hydroxylation is 1. The number of carbonyl (C=O) groups excluding carboxylic acids is 1. The summed E-state index contributed by atoms with van der Waals surface area (Å²) in [6.45, 7) is 6.02. The van der Waals surface area contributed by atoms with Crippen molar-refractivity contribution in [3.8, 4) is 0 Å². The van der Waals surface area contributed by atoms with E-state index in [1.807, 2.05) is 28.0 Å². The molecule has 3 rings (SSSR count). The number of likely N-dealkylation sites (tertiary alicyclic amines) is 1. The second-order valence-corrected chi connectivity index (χ2v) is 6.81. The summed E-state index contributed by atoms with van der Waals surface area (Å²) in [6.07, 6.45) is 9.79. The first kappa shape index (κ1) is 16.5. The van der Waals surface area contributed by atoms with E-state index < -0.39 is 0 Å². The summed E-state index contributed by atoms with van der Waals surface area (Å²) in [5.74, 6) is 1.25. The molecule has 0 aromatic carbocycles. The quantitative estimate of drug-likeness (QED) is 0.881. The fraction of sp³-hybridized carbons (Fsp3) is 0.588. The van der Waals surface area contributed by atoms with Crippen molar-refractivity contribution < 1.29 is 4.79 Å². The van der Waals surface area contributed by atoms with Gasteiger partial charge in [0.15, 0.2) is 5.82 Å². The van der Waals surface area contributed by atoms with Crippen LogP contribution in [-0.4, -0.2) is 37.5 Å². The third-order valence-electron chi connectivity index (χ3n) is 4.48. The zero-order valence-electron chi connectivity index (χ0n) is 14.4. The molecule has 2 amide bonds. The second kappa shape index (κ2) is 7.51. The van der Waals surface area contributed by atoms with Gasteiger partial charge >= 0.3 is 6.03 Å². The number of hydrogen-bond donors (Lipinski definition) is 2. The highest BCUT2D eigenvalue weighted by Crippen LogP contribution is 2.30. The summed E-state index contributed by atoms with van der Waals surface area (Å²) in [7, 11) is 0. The SMILES string of the molecule is CC(C)CCn1ccc(NC(=O)N2CCCCC2c2cn[nH]c2)n1. The maximum atomic E-state index is 12.7. The molecule has 1 unspecified atom stereocenters. The van der Waals surface area contributed by atoms with E-state index in [1.165, 1.54) is 0 Å². The summed E-state index contributed by atoms with van der Waals surface area (Å²) >= 11 is 0. The Kier molecular flexibility index (Phi) is 5.17. The predicted octanol–water partition coefficient (Wildman–Crippen LogP) is 3.41. The van der Waals surface area contributed by atoms with Crippen LogP contribution in [0.3, 0.4) is 0 Å². The molecule has 0 saturated carbocycles. The molecule has 1 saturated heterocycles. The zero-order valence-corrected chi connectivity index (χ0v) is 14.4. The number of urea groups is 1. The summed E-state index contributed by atoms with van der Waals surface area (Å²) in [6, 6.07) is 1.85. The van der Waals surface area contributed by atoms with Crippen LogP contribution in [0.1, 0.15) is 51.1 Å². The molecule has 7 nitrogen and oxygen atoms in total. The lowest BCUT2D eigenvalue weighted by atomic mass is 9.98. The van der Waals surface area contributed by atoms with Crippen molar-refractivity contribution in [2.75, 3.05) is 11.9 Å². The first-order chi connectivity index (χ1) is 11.6. The average Bonchev–Trinajstić information content (AvgIpc) is 3.24. The van der Waals surface area contributed by atoms with Crippen molar-refractivity contribution in [1.82, 2.24) is 24.9 Å². The molecule has 3 heterocycles. The molecule has 1 aliphatic rings. The van der Waals surface area contributed by atoms with Gasteiger partial charge in [-0.25, -0.2) is 4.79 Å². The fourth-order valence-electron chi connectivity index (χ4n) is 3.09. The van der Waals surface area contributed by atoms with Crippen LogP contribution in [0.15, 0.2) is 24.7 Å². The molecule has 1 fully saturated rings. The van der Waals surface area contributed by atoms with E-state index in [1.54, 1.807) is 6.20 Å². The molecule has 0 spiro atoms. The third-order valence-corrected chi connectivity index (χ3v) is 4.48. The number of H-pyrrole nitrogens is 1. The van der Waals surface area contributed by atoms with E-state index in [2.05, 4.69) is 34.5 Å². The number of amides is 2. The molecule has 24 heavy (non-hydrogen) atoms. The Bertz CT molecular complexity index is 648. The van der Waals surface area contributed by atoms with Crippen LogP contribution in [-0.2, 0) is 6.54 Å². The van der Waals surface area contributed by atoms with Gasteiger partial charge in [-0.3, -0.25) is 15.1 Å². The zero-order chi connectivity index (χ0) is 16.9. The number of hydrogen-bond acceptors (Lipinski definition) is 3. The molecule has 2 N–H and O–H groups in total. The van der Waals surface area contributed by atoms with Gasteiger partial charge in [-0.1, -0.05) is 13.8 Å². The van der Waals surface area contributed by atoms with Crippen molar-refractivity contribution in [1.29, 1.82) is 0 Å². The molecule has 1 aliphatic heterocycles. The van der Waals surface area contributed by atoms with E-state index in [0.717, 1.165) is 44.3 Å². The maximum absolute atomic E-state index is 12.7. The molecule has 0 bridgehead atoms. The van der Waals surface area contributed by atoms with Crippen LogP contribution in [0.2, 0.25) is 0 Å². The van der Waals surface area contributed by atoms with Gasteiger partial charge in [0, 0.05) is 37.1 Å². The Labute approximate surface area is 142 Å². The molecule has 1 atom stereocenters. The molecule has 0 aliphatic carbocycles. The highest BCUT2D eigenvalue weighted by Gasteiger charge is 2.28. The van der Waals surface area contributed by atoms with Gasteiger partial charge in [0.1, 0.15) is 0 Å². The standard InChI is InChI=1S/C17H26N6O/c1-13(2)6-9-22-10-7-16(21-22)20-17(24)23-8-4-3-5-15(23)14-11-18-19-12-14/h7,10-13,15H,3-6,8-9H2,1-2H3,(H,18,19)(H,20,21,24). The molecule has 0 radical (unpaired) electrons. The van der Waals surface area contributed by atoms with Crippen LogP contribution >= 0.6 is 0 Å². The Hall–Kier alpha value is -2.31. The highest BCUT2D eigenvalue weighted by atomic mass is 16.2. The average molecular weight is 330 g/mol. The minimum absolute atomic E-state index is 0.0838. The third kappa shape index (κ3) is 3.96. The van der Waals surface area contributed by atoms with Gasteiger partial charge in [0.05, 0.1) is 12.2 Å². The van der Waals surface area contributed by atoms with Gasteiger partial charge in [-0.05, 0) is 31.6 Å². The summed E-state index contributed by atoms with van der Waals surface area (Å²) in [5.41, 5.74) is 1.06. The smallest absolute Gasteiger partial charge is 0.317 e. The maximum Gasteiger partial charge on any atom is 0.323 e. The molecule has 130 valence electrons. The molecule has 7 heteroatoms. The van der Waals surface area contributed by atoms with Gasteiger partial charge in [-0.15, -0.1) is 0 Å². The lowest BCUT2D eigenvalue weighted by Gasteiger charge is -2.35. The van der Waals surface area contributed by atoms with E-state index in [0.29, 0.717) is 11.7 Å². The normalized spacial score (nSPS) is 18.1. The van der Waals surface area contributed by atoms with Crippen molar-refractivity contribution in [3.63, 3.8) is 0 Å². The Morgan fingerprint density at radius 1 is 1.46 bits per heavy atom. The van der Waals surface area contributed by atoms with Crippen LogP contribution in [0.4, 0.5) is 10.6 Å². The van der Waals surface area contributed by atoms with Gasteiger partial charge < -0.3 is 4.90 Å². The molecular formula is C17H26N6O. The predicted molar refractivity (Wildman–Crippen MR) is 92.6 cm³/mol. The summed E-state index contributed by atoms with van der Waals surface area (Å²) in [5, 5.41) is 14.2. The van der Waals surface area contributed by atoms with Gasteiger partial charge in [0.25, 0.3) is 0 Å². The first-order valence-corrected chi connectivity index (χ1v) is 8.73. The van der Waals surface area contributed by atoms with E-state index in [-0.39, 0.29) is 12.1 Å². The highest BCUT2D eigenvalue weighted by molar-refractivity contribution is 5.88. The lowest BCUT2D eigenvalue weighted by molar-refractivity contribution is 0.163. The number of nitrogens with one attached hydrogen (secondary N) is 2. The first-order valence-electron chi connectivity index (χ1n) is 8.73. The number of nitrogens with zero attached hydrogens (tertiary/aromatic N) is 4. The van der Waals surface area contributed by atoms with Gasteiger partial charge in [0.2, 0.25) is 0 Å². The number of piperidine rings is 1. The minimum Gasteiger partial charge on any atom is -0.317 e. The molecule has 2 aromatic rings. The van der Waals surface area contributed by atoms with E-state index in [9.17, 15) is 4.79 Å². The molecule has 2 aromatic heterocycles. The lowest BCUT2D eigenvalue weighted by Crippen LogP contribution is -2.41. The van der Waals surface area contributed by atoms with Crippen molar-refractivity contribution in [3.05, 3.63) is 30.2 Å². The number of aromatic amines is 1. The number of rotatable bonds is 5. The van der Waals surface area contributed by atoms with Crippen LogP contribution in [0, 0.1) is 5.92 Å². The van der Waals surface area contributed by atoms with Crippen molar-refractivity contribution in [2.24, 2.45) is 5.92 Å². The van der Waals surface area contributed by atoms with Crippen LogP contribution < -0.4 is 5.32 Å². The van der Waals surface area contributed by atoms with Crippen LogP contribution in [0.25, 0.3) is 0 Å². The second-order valence-electron chi connectivity index (χ2n) is 6.81. The largest absolute Gasteiger partial charge is 0.323 e. The molecular weight excluding hydrogens is 304 g/mol. The van der Waals surface area contributed by atoms with E-state index in [4.69, 9.17) is 0 Å².